The number of nitrogens with one attached hydrogen (secondary N) is 3. The zero-order valence-corrected chi connectivity index (χ0v) is 27.1. The first-order valence-corrected chi connectivity index (χ1v) is 15.6. The predicted molar refractivity (Wildman–Crippen MR) is 183 cm³/mol. The standard InChI is InChI=1S/C33H41F3N10O4/c34-33(35,36)23-13-11-21(12-14-23)28(48)44-24(7-3-15-42-31(38)39)29(49)45-25(8-4-16-43-32(40)41)30(50)46-26(27(37)47)18-19-9-10-20-5-1-2-6-22(20)17-19/h1-2,5-6,9-14,17,24-26H,3-4,7-8,15-16,18H2,(H2,37,47)(H,44,48)(H,45,49)(H,46,50)(H4,38,39,42)(H4,40,41,43)/t24-,25-,26-/m0/s1. The van der Waals surface area contributed by atoms with Gasteiger partial charge in [-0.25, -0.2) is 0 Å². The van der Waals surface area contributed by atoms with Gasteiger partial charge < -0.3 is 44.6 Å². The van der Waals surface area contributed by atoms with Crippen LogP contribution in [0, 0.1) is 0 Å². The molecule has 268 valence electrons. The van der Waals surface area contributed by atoms with Crippen molar-refractivity contribution in [3.8, 4) is 0 Å². The van der Waals surface area contributed by atoms with E-state index >= 15 is 0 Å². The molecule has 0 aliphatic carbocycles. The third-order valence-electron chi connectivity index (χ3n) is 7.53. The van der Waals surface area contributed by atoms with Gasteiger partial charge in [-0.2, -0.15) is 13.2 Å². The van der Waals surface area contributed by atoms with Gasteiger partial charge in [0.05, 0.1) is 5.56 Å². The summed E-state index contributed by atoms with van der Waals surface area (Å²) in [4.78, 5) is 60.4. The molecule has 0 spiro atoms. The monoisotopic (exact) mass is 698 g/mol. The maximum absolute atomic E-state index is 13.6. The summed E-state index contributed by atoms with van der Waals surface area (Å²) >= 11 is 0. The summed E-state index contributed by atoms with van der Waals surface area (Å²) in [5, 5.41) is 9.64. The van der Waals surface area contributed by atoms with Crippen LogP contribution < -0.4 is 44.6 Å². The molecule has 3 atom stereocenters. The minimum Gasteiger partial charge on any atom is -0.370 e. The Morgan fingerprint density at radius 3 is 1.70 bits per heavy atom. The second-order valence-electron chi connectivity index (χ2n) is 11.4. The number of nitrogens with zero attached hydrogens (tertiary/aromatic N) is 2. The number of hydrogen-bond donors (Lipinski definition) is 8. The van der Waals surface area contributed by atoms with E-state index in [0.29, 0.717) is 0 Å². The molecular weight excluding hydrogens is 657 g/mol. The van der Waals surface area contributed by atoms with Gasteiger partial charge in [0, 0.05) is 25.1 Å². The van der Waals surface area contributed by atoms with E-state index in [0.717, 1.165) is 40.6 Å². The highest BCUT2D eigenvalue weighted by Gasteiger charge is 2.31. The van der Waals surface area contributed by atoms with Gasteiger partial charge in [0.2, 0.25) is 17.7 Å². The summed E-state index contributed by atoms with van der Waals surface area (Å²) < 4.78 is 39.1. The first kappa shape index (κ1) is 38.6. The summed E-state index contributed by atoms with van der Waals surface area (Å²) in [5.41, 5.74) is 26.9. The van der Waals surface area contributed by atoms with Gasteiger partial charge in [-0.05, 0) is 66.3 Å². The summed E-state index contributed by atoms with van der Waals surface area (Å²) in [7, 11) is 0. The number of hydrogen-bond acceptors (Lipinski definition) is 6. The lowest BCUT2D eigenvalue weighted by molar-refractivity contribution is -0.137. The highest BCUT2D eigenvalue weighted by atomic mass is 19.4. The molecule has 0 fully saturated rings. The smallest absolute Gasteiger partial charge is 0.370 e. The topological polar surface area (TPSA) is 259 Å². The zero-order chi connectivity index (χ0) is 36.8. The minimum absolute atomic E-state index is 0.0107. The van der Waals surface area contributed by atoms with Crippen molar-refractivity contribution in [1.82, 2.24) is 16.0 Å². The highest BCUT2D eigenvalue weighted by molar-refractivity contribution is 5.98. The number of carbonyl (C=O) groups excluding carboxylic acids is 4. The molecule has 0 unspecified atom stereocenters. The van der Waals surface area contributed by atoms with Gasteiger partial charge in [-0.1, -0.05) is 42.5 Å². The lowest BCUT2D eigenvalue weighted by atomic mass is 10.0. The number of carbonyl (C=O) groups is 4. The molecule has 0 aliphatic rings. The Bertz CT molecular complexity index is 1710. The molecule has 0 aromatic heterocycles. The highest BCUT2D eigenvalue weighted by Crippen LogP contribution is 2.29. The van der Waals surface area contributed by atoms with Gasteiger partial charge in [0.15, 0.2) is 11.9 Å². The van der Waals surface area contributed by atoms with Crippen LogP contribution in [0.25, 0.3) is 10.8 Å². The molecule has 0 saturated carbocycles. The molecule has 3 aromatic carbocycles. The number of benzene rings is 3. The summed E-state index contributed by atoms with van der Waals surface area (Å²) in [5.74, 6) is -3.53. The second-order valence-corrected chi connectivity index (χ2v) is 11.4. The van der Waals surface area contributed by atoms with E-state index < -0.39 is 53.5 Å². The fourth-order valence-electron chi connectivity index (χ4n) is 4.97. The molecular formula is C33H41F3N10O4. The van der Waals surface area contributed by atoms with Crippen LogP contribution in [0.5, 0.6) is 0 Å². The molecule has 0 radical (unpaired) electrons. The number of fused-ring (bicyclic) bond motifs is 1. The second kappa shape index (κ2) is 18.0. The molecule has 0 bridgehead atoms. The zero-order valence-electron chi connectivity index (χ0n) is 27.1. The summed E-state index contributed by atoms with van der Waals surface area (Å²) in [6, 6.07) is 13.0. The average Bonchev–Trinajstić information content (AvgIpc) is 3.06. The first-order chi connectivity index (χ1) is 23.6. The number of rotatable bonds is 17. The molecule has 3 aromatic rings. The lowest BCUT2D eigenvalue weighted by Crippen LogP contribution is -2.56. The summed E-state index contributed by atoms with van der Waals surface area (Å²) in [6.45, 7) is 0.213. The Kier molecular flexibility index (Phi) is 13.9. The minimum atomic E-state index is -4.61. The van der Waals surface area contributed by atoms with Gasteiger partial charge in [0.1, 0.15) is 18.1 Å². The normalized spacial score (nSPS) is 12.9. The molecule has 4 amide bonds. The molecule has 3 rings (SSSR count). The van der Waals surface area contributed by atoms with Crippen molar-refractivity contribution in [3.05, 3.63) is 83.4 Å². The van der Waals surface area contributed by atoms with Crippen LogP contribution in [0.4, 0.5) is 13.2 Å². The Balaban J connectivity index is 1.81. The van der Waals surface area contributed by atoms with E-state index in [9.17, 15) is 32.3 Å². The number of guanidine groups is 2. The van der Waals surface area contributed by atoms with Crippen LogP contribution in [-0.4, -0.2) is 66.8 Å². The number of amides is 4. The van der Waals surface area contributed by atoms with Crippen molar-refractivity contribution in [1.29, 1.82) is 0 Å². The van der Waals surface area contributed by atoms with Crippen LogP contribution in [0.3, 0.4) is 0 Å². The molecule has 17 heteroatoms. The fraction of sp³-hybridized carbons (Fsp3) is 0.333. The SMILES string of the molecule is NC(=O)[C@H](Cc1ccc2ccccc2c1)NC(=O)[C@H](CCCN=C(N)N)NC(=O)[C@H](CCCN=C(N)N)NC(=O)c1ccc(C(F)(F)F)cc1. The van der Waals surface area contributed by atoms with Crippen molar-refractivity contribution < 1.29 is 32.3 Å². The number of nitrogens with two attached hydrogens (primary N) is 5. The van der Waals surface area contributed by atoms with Gasteiger partial charge in [0.25, 0.3) is 5.91 Å². The fourth-order valence-corrected chi connectivity index (χ4v) is 4.97. The molecule has 50 heavy (non-hydrogen) atoms. The van der Waals surface area contributed by atoms with Crippen molar-refractivity contribution in [2.24, 2.45) is 38.7 Å². The Morgan fingerprint density at radius 1 is 0.660 bits per heavy atom. The lowest BCUT2D eigenvalue weighted by Gasteiger charge is -2.25. The predicted octanol–water partition coefficient (Wildman–Crippen LogP) is 0.762. The van der Waals surface area contributed by atoms with Crippen LogP contribution in [0.2, 0.25) is 0 Å². The van der Waals surface area contributed by atoms with Crippen LogP contribution >= 0.6 is 0 Å². The third-order valence-corrected chi connectivity index (χ3v) is 7.53. The van der Waals surface area contributed by atoms with Crippen LogP contribution in [-0.2, 0) is 27.0 Å². The van der Waals surface area contributed by atoms with E-state index in [4.69, 9.17) is 28.7 Å². The largest absolute Gasteiger partial charge is 0.416 e. The number of aliphatic imine (C=N–C) groups is 2. The number of halogens is 3. The van der Waals surface area contributed by atoms with E-state index in [-0.39, 0.29) is 62.7 Å². The molecule has 0 heterocycles. The van der Waals surface area contributed by atoms with E-state index in [1.165, 1.54) is 0 Å². The number of alkyl halides is 3. The van der Waals surface area contributed by atoms with E-state index in [1.807, 2.05) is 42.5 Å². The maximum atomic E-state index is 13.6. The van der Waals surface area contributed by atoms with Crippen molar-refractivity contribution in [2.45, 2.75) is 56.4 Å². The van der Waals surface area contributed by atoms with Crippen LogP contribution in [0.15, 0.2) is 76.7 Å². The summed E-state index contributed by atoms with van der Waals surface area (Å²) in [6.07, 6.45) is -4.10. The molecule has 0 aliphatic heterocycles. The molecule has 13 N–H and O–H groups in total. The Labute approximate surface area is 286 Å². The first-order valence-electron chi connectivity index (χ1n) is 15.6. The van der Waals surface area contributed by atoms with E-state index in [1.54, 1.807) is 0 Å². The maximum Gasteiger partial charge on any atom is 0.416 e. The molecule has 14 nitrogen and oxygen atoms in total. The number of primary amides is 1. The average molecular weight is 699 g/mol. The van der Waals surface area contributed by atoms with E-state index in [2.05, 4.69) is 25.9 Å². The van der Waals surface area contributed by atoms with Crippen molar-refractivity contribution in [2.75, 3.05) is 13.1 Å². The van der Waals surface area contributed by atoms with Crippen LogP contribution in [0.1, 0.15) is 47.2 Å². The Hall–Kier alpha value is -5.87. The quantitative estimate of drug-likeness (QED) is 0.0566. The van der Waals surface area contributed by atoms with Gasteiger partial charge in [-0.15, -0.1) is 0 Å². The van der Waals surface area contributed by atoms with Gasteiger partial charge in [-0.3, -0.25) is 29.2 Å². The van der Waals surface area contributed by atoms with Crippen molar-refractivity contribution in [3.63, 3.8) is 0 Å². The van der Waals surface area contributed by atoms with Gasteiger partial charge >= 0.3 is 6.18 Å². The molecule has 0 saturated heterocycles. The Morgan fingerprint density at radius 2 is 1.18 bits per heavy atom. The van der Waals surface area contributed by atoms with Crippen molar-refractivity contribution >= 4 is 46.3 Å². The third kappa shape index (κ3) is 12.3.